The summed E-state index contributed by atoms with van der Waals surface area (Å²) in [5, 5.41) is 9.17. The van der Waals surface area contributed by atoms with Gasteiger partial charge >= 0.3 is 0 Å². The Morgan fingerprint density at radius 3 is 2.37 bits per heavy atom. The summed E-state index contributed by atoms with van der Waals surface area (Å²) in [7, 11) is 0. The summed E-state index contributed by atoms with van der Waals surface area (Å²) in [5.74, 6) is -1.10. The van der Waals surface area contributed by atoms with Crippen molar-refractivity contribution >= 4 is 23.4 Å². The lowest BCUT2D eigenvalue weighted by Crippen LogP contribution is -1.91. The second-order valence-corrected chi connectivity index (χ2v) is 5.15. The molecule has 0 aliphatic carbocycles. The lowest BCUT2D eigenvalue weighted by atomic mass is 10.2. The third-order valence-electron chi connectivity index (χ3n) is 2.46. The van der Waals surface area contributed by atoms with Crippen LogP contribution in [0.4, 0.5) is 8.78 Å². The molecule has 0 amide bonds. The predicted molar refractivity (Wildman–Crippen MR) is 72.1 cm³/mol. The van der Waals surface area contributed by atoms with Crippen LogP contribution in [0.2, 0.25) is 5.02 Å². The van der Waals surface area contributed by atoms with E-state index in [1.807, 2.05) is 6.07 Å². The summed E-state index contributed by atoms with van der Waals surface area (Å²) in [6.45, 7) is 0. The average molecular weight is 296 g/mol. The van der Waals surface area contributed by atoms with Gasteiger partial charge in [0.25, 0.3) is 0 Å². The number of rotatable bonds is 3. The molecule has 1 nitrogen and oxygen atoms in total. The van der Waals surface area contributed by atoms with Crippen molar-refractivity contribution < 1.29 is 8.78 Å². The summed E-state index contributed by atoms with van der Waals surface area (Å²) in [6.07, 6.45) is 0. The van der Waals surface area contributed by atoms with Crippen LogP contribution in [-0.4, -0.2) is 0 Å². The molecule has 0 aliphatic rings. The fraction of sp³-hybridized carbons (Fsp3) is 0.0714. The SMILES string of the molecule is N#Cc1cc(F)c(SCc2ccccc2Cl)c(F)c1. The van der Waals surface area contributed by atoms with E-state index in [9.17, 15) is 8.78 Å². The maximum atomic E-state index is 13.7. The molecule has 0 atom stereocenters. The fourth-order valence-corrected chi connectivity index (χ4v) is 2.75. The highest BCUT2D eigenvalue weighted by Crippen LogP contribution is 2.31. The molecular formula is C14H8ClF2NS. The van der Waals surface area contributed by atoms with Gasteiger partial charge in [0.15, 0.2) is 0 Å². The van der Waals surface area contributed by atoms with Crippen molar-refractivity contribution in [1.82, 2.24) is 0 Å². The average Bonchev–Trinajstić information content (AvgIpc) is 2.39. The molecule has 0 saturated heterocycles. The zero-order valence-electron chi connectivity index (χ0n) is 9.66. The number of halogens is 3. The number of benzene rings is 2. The van der Waals surface area contributed by atoms with Crippen molar-refractivity contribution in [1.29, 1.82) is 5.26 Å². The van der Waals surface area contributed by atoms with Gasteiger partial charge in [0.1, 0.15) is 11.6 Å². The summed E-state index contributed by atoms with van der Waals surface area (Å²) >= 11 is 6.99. The van der Waals surface area contributed by atoms with Gasteiger partial charge in [-0.15, -0.1) is 11.8 Å². The molecule has 19 heavy (non-hydrogen) atoms. The predicted octanol–water partition coefficient (Wildman–Crippen LogP) is 4.78. The van der Waals surface area contributed by atoms with Crippen molar-refractivity contribution in [2.75, 3.05) is 0 Å². The molecule has 0 radical (unpaired) electrons. The molecule has 0 heterocycles. The van der Waals surface area contributed by atoms with E-state index in [0.29, 0.717) is 10.8 Å². The van der Waals surface area contributed by atoms with Gasteiger partial charge in [0, 0.05) is 10.8 Å². The molecule has 0 unspecified atom stereocenters. The molecule has 0 bridgehead atoms. The highest BCUT2D eigenvalue weighted by molar-refractivity contribution is 7.98. The highest BCUT2D eigenvalue weighted by Gasteiger charge is 2.12. The minimum Gasteiger partial charge on any atom is -0.206 e. The van der Waals surface area contributed by atoms with Crippen molar-refractivity contribution in [3.05, 3.63) is 64.2 Å². The van der Waals surface area contributed by atoms with Crippen molar-refractivity contribution in [3.63, 3.8) is 0 Å². The van der Waals surface area contributed by atoms with Crippen LogP contribution in [0, 0.1) is 23.0 Å². The maximum Gasteiger partial charge on any atom is 0.141 e. The molecule has 96 valence electrons. The van der Waals surface area contributed by atoms with E-state index in [-0.39, 0.29) is 10.5 Å². The summed E-state index contributed by atoms with van der Waals surface area (Å²) < 4.78 is 27.3. The van der Waals surface area contributed by atoms with Gasteiger partial charge in [0.05, 0.1) is 16.5 Å². The lowest BCUT2D eigenvalue weighted by Gasteiger charge is -2.06. The molecule has 2 aromatic rings. The number of hydrogen-bond donors (Lipinski definition) is 0. The monoisotopic (exact) mass is 295 g/mol. The Bertz CT molecular complexity index is 629. The Kier molecular flexibility index (Phi) is 4.41. The Morgan fingerprint density at radius 2 is 1.79 bits per heavy atom. The topological polar surface area (TPSA) is 23.8 Å². The normalized spacial score (nSPS) is 10.2. The Labute approximate surface area is 118 Å². The van der Waals surface area contributed by atoms with Gasteiger partial charge in [-0.1, -0.05) is 29.8 Å². The van der Waals surface area contributed by atoms with Crippen LogP contribution < -0.4 is 0 Å². The van der Waals surface area contributed by atoms with E-state index < -0.39 is 11.6 Å². The number of hydrogen-bond acceptors (Lipinski definition) is 2. The van der Waals surface area contributed by atoms with E-state index in [1.165, 1.54) is 0 Å². The first-order valence-electron chi connectivity index (χ1n) is 5.37. The van der Waals surface area contributed by atoms with Gasteiger partial charge in [-0.05, 0) is 23.8 Å². The van der Waals surface area contributed by atoms with Crippen molar-refractivity contribution in [3.8, 4) is 6.07 Å². The molecule has 0 spiro atoms. The Morgan fingerprint density at radius 1 is 1.16 bits per heavy atom. The first-order valence-corrected chi connectivity index (χ1v) is 6.73. The summed E-state index contributed by atoms with van der Waals surface area (Å²) in [6, 6.07) is 10.9. The Hall–Kier alpha value is -1.57. The van der Waals surface area contributed by atoms with E-state index in [0.717, 1.165) is 29.5 Å². The molecule has 0 aliphatic heterocycles. The highest BCUT2D eigenvalue weighted by atomic mass is 35.5. The van der Waals surface area contributed by atoms with Gasteiger partial charge < -0.3 is 0 Å². The standard InChI is InChI=1S/C14H8ClF2NS/c15-11-4-2-1-3-10(11)8-19-14-12(16)5-9(7-18)6-13(14)17/h1-6H,8H2. The first-order chi connectivity index (χ1) is 9.11. The zero-order valence-corrected chi connectivity index (χ0v) is 11.2. The molecule has 2 aromatic carbocycles. The Balaban J connectivity index is 2.21. The minimum absolute atomic E-state index is 0.0305. The van der Waals surface area contributed by atoms with E-state index in [1.54, 1.807) is 24.3 Å². The van der Waals surface area contributed by atoms with E-state index in [2.05, 4.69) is 0 Å². The van der Waals surface area contributed by atoms with Crippen LogP contribution >= 0.6 is 23.4 Å². The van der Waals surface area contributed by atoms with Crippen LogP contribution in [0.15, 0.2) is 41.3 Å². The van der Waals surface area contributed by atoms with Crippen LogP contribution in [-0.2, 0) is 5.75 Å². The smallest absolute Gasteiger partial charge is 0.141 e. The maximum absolute atomic E-state index is 13.7. The largest absolute Gasteiger partial charge is 0.206 e. The second kappa shape index (κ2) is 6.05. The lowest BCUT2D eigenvalue weighted by molar-refractivity contribution is 0.540. The first kappa shape index (κ1) is 13.9. The van der Waals surface area contributed by atoms with Crippen molar-refractivity contribution in [2.45, 2.75) is 10.6 Å². The molecule has 0 fully saturated rings. The third-order valence-corrected chi connectivity index (χ3v) is 3.96. The molecule has 0 saturated carbocycles. The molecule has 0 N–H and O–H groups in total. The molecular weight excluding hydrogens is 288 g/mol. The minimum atomic E-state index is -0.728. The summed E-state index contributed by atoms with van der Waals surface area (Å²) in [4.78, 5) is -0.0982. The fourth-order valence-electron chi connectivity index (χ4n) is 1.53. The van der Waals surface area contributed by atoms with Crippen molar-refractivity contribution in [2.24, 2.45) is 0 Å². The second-order valence-electron chi connectivity index (χ2n) is 3.76. The van der Waals surface area contributed by atoms with Crippen LogP contribution in [0.1, 0.15) is 11.1 Å². The van der Waals surface area contributed by atoms with Crippen LogP contribution in [0.5, 0.6) is 0 Å². The van der Waals surface area contributed by atoms with Crippen LogP contribution in [0.25, 0.3) is 0 Å². The third kappa shape index (κ3) is 3.25. The quantitative estimate of drug-likeness (QED) is 0.761. The zero-order chi connectivity index (χ0) is 13.8. The number of nitriles is 1. The van der Waals surface area contributed by atoms with Gasteiger partial charge in [-0.2, -0.15) is 5.26 Å². The van der Waals surface area contributed by atoms with E-state index >= 15 is 0 Å². The van der Waals surface area contributed by atoms with Gasteiger partial charge in [0.2, 0.25) is 0 Å². The summed E-state index contributed by atoms with van der Waals surface area (Å²) in [5.41, 5.74) is 0.773. The van der Waals surface area contributed by atoms with Gasteiger partial charge in [-0.3, -0.25) is 0 Å². The van der Waals surface area contributed by atoms with Gasteiger partial charge in [-0.25, -0.2) is 8.78 Å². The molecule has 0 aromatic heterocycles. The number of thioether (sulfide) groups is 1. The molecule has 5 heteroatoms. The van der Waals surface area contributed by atoms with Crippen LogP contribution in [0.3, 0.4) is 0 Å². The molecule has 2 rings (SSSR count). The van der Waals surface area contributed by atoms with E-state index in [4.69, 9.17) is 16.9 Å². The number of nitrogens with zero attached hydrogens (tertiary/aromatic N) is 1.